The molecule has 0 fully saturated rings. The molecule has 0 amide bonds. The Morgan fingerprint density at radius 2 is 1.95 bits per heavy atom. The third-order valence-corrected chi connectivity index (χ3v) is 3.21. The van der Waals surface area contributed by atoms with Gasteiger partial charge in [-0.05, 0) is 25.8 Å². The first-order valence-corrected chi connectivity index (χ1v) is 7.59. The van der Waals surface area contributed by atoms with Crippen LogP contribution in [-0.4, -0.2) is 35.6 Å². The first-order valence-electron chi connectivity index (χ1n) is 7.59. The quantitative estimate of drug-likeness (QED) is 0.556. The molecular weight excluding hydrogens is 280 g/mol. The molecule has 0 saturated carbocycles. The van der Waals surface area contributed by atoms with Gasteiger partial charge >= 0.3 is 5.97 Å². The second kappa shape index (κ2) is 8.34. The van der Waals surface area contributed by atoms with Crippen molar-refractivity contribution < 1.29 is 14.3 Å². The van der Waals surface area contributed by atoms with Crippen LogP contribution in [0.2, 0.25) is 0 Å². The van der Waals surface area contributed by atoms with Gasteiger partial charge in [-0.2, -0.15) is 5.10 Å². The second-order valence-corrected chi connectivity index (χ2v) is 4.85. The van der Waals surface area contributed by atoms with Crippen molar-refractivity contribution in [2.75, 3.05) is 19.8 Å². The molecule has 0 spiro atoms. The van der Waals surface area contributed by atoms with Gasteiger partial charge in [0.05, 0.1) is 19.8 Å². The van der Waals surface area contributed by atoms with Gasteiger partial charge in [0.1, 0.15) is 0 Å². The van der Waals surface area contributed by atoms with E-state index in [1.807, 2.05) is 43.5 Å². The van der Waals surface area contributed by atoms with E-state index in [4.69, 9.17) is 9.47 Å². The lowest BCUT2D eigenvalue weighted by molar-refractivity contribution is 0.0516. The van der Waals surface area contributed by atoms with Gasteiger partial charge in [-0.25, -0.2) is 4.79 Å². The minimum Gasteiger partial charge on any atom is -0.461 e. The molecule has 0 radical (unpaired) electrons. The molecule has 0 N–H and O–H groups in total. The van der Waals surface area contributed by atoms with E-state index in [0.29, 0.717) is 38.5 Å². The Kier molecular flexibility index (Phi) is 6.15. The van der Waals surface area contributed by atoms with Gasteiger partial charge in [-0.1, -0.05) is 30.3 Å². The fourth-order valence-corrected chi connectivity index (χ4v) is 2.19. The molecule has 1 aromatic heterocycles. The number of rotatable bonds is 8. The van der Waals surface area contributed by atoms with Gasteiger partial charge in [-0.15, -0.1) is 0 Å². The van der Waals surface area contributed by atoms with Gasteiger partial charge < -0.3 is 9.47 Å². The lowest BCUT2D eigenvalue weighted by atomic mass is 10.2. The van der Waals surface area contributed by atoms with Crippen molar-refractivity contribution in [2.24, 2.45) is 0 Å². The maximum Gasteiger partial charge on any atom is 0.359 e. The summed E-state index contributed by atoms with van der Waals surface area (Å²) in [6.45, 7) is 5.94. The monoisotopic (exact) mass is 302 g/mol. The Labute approximate surface area is 130 Å². The van der Waals surface area contributed by atoms with Crippen LogP contribution in [-0.2, 0) is 22.4 Å². The largest absolute Gasteiger partial charge is 0.461 e. The molecule has 5 nitrogen and oxygen atoms in total. The van der Waals surface area contributed by atoms with Crippen LogP contribution in [0.1, 0.15) is 35.5 Å². The summed E-state index contributed by atoms with van der Waals surface area (Å²) >= 11 is 0. The minimum atomic E-state index is -0.374. The molecule has 22 heavy (non-hydrogen) atoms. The molecule has 118 valence electrons. The van der Waals surface area contributed by atoms with Crippen molar-refractivity contribution in [3.05, 3.63) is 53.3 Å². The van der Waals surface area contributed by atoms with Gasteiger partial charge in [0, 0.05) is 18.4 Å². The summed E-state index contributed by atoms with van der Waals surface area (Å²) in [4.78, 5) is 12.0. The molecular formula is C17H22N2O3. The van der Waals surface area contributed by atoms with Gasteiger partial charge in [0.2, 0.25) is 0 Å². The third-order valence-electron chi connectivity index (χ3n) is 3.21. The number of nitrogens with zero attached hydrogens (tertiary/aromatic N) is 2. The summed E-state index contributed by atoms with van der Waals surface area (Å²) in [5, 5.41) is 4.39. The van der Waals surface area contributed by atoms with E-state index in [-0.39, 0.29) is 5.97 Å². The normalized spacial score (nSPS) is 10.6. The molecule has 0 saturated heterocycles. The van der Waals surface area contributed by atoms with E-state index >= 15 is 0 Å². The lowest BCUT2D eigenvalue weighted by Crippen LogP contribution is -2.10. The maximum atomic E-state index is 12.0. The molecule has 2 rings (SSSR count). The van der Waals surface area contributed by atoms with Crippen LogP contribution in [0.4, 0.5) is 0 Å². The Balaban J connectivity index is 2.16. The maximum absolute atomic E-state index is 12.0. The second-order valence-electron chi connectivity index (χ2n) is 4.85. The van der Waals surface area contributed by atoms with Crippen molar-refractivity contribution >= 4 is 5.97 Å². The Morgan fingerprint density at radius 3 is 2.64 bits per heavy atom. The van der Waals surface area contributed by atoms with Crippen LogP contribution < -0.4 is 0 Å². The lowest BCUT2D eigenvalue weighted by Gasteiger charge is -2.02. The number of ether oxygens (including phenoxy) is 2. The highest BCUT2D eigenvalue weighted by atomic mass is 16.5. The van der Waals surface area contributed by atoms with E-state index in [0.717, 1.165) is 11.1 Å². The average molecular weight is 302 g/mol. The topological polar surface area (TPSA) is 53.4 Å². The van der Waals surface area contributed by atoms with Crippen LogP contribution in [0.15, 0.2) is 36.5 Å². The van der Waals surface area contributed by atoms with E-state index in [9.17, 15) is 4.79 Å². The SMILES string of the molecule is CCOCCc1cn(Cc2ccccc2)nc1C(=O)OCC. The van der Waals surface area contributed by atoms with Crippen LogP contribution in [0.25, 0.3) is 0 Å². The number of esters is 1. The zero-order chi connectivity index (χ0) is 15.8. The third kappa shape index (κ3) is 4.43. The zero-order valence-corrected chi connectivity index (χ0v) is 13.1. The Morgan fingerprint density at radius 1 is 1.18 bits per heavy atom. The smallest absolute Gasteiger partial charge is 0.359 e. The van der Waals surface area contributed by atoms with Crippen LogP contribution in [0.3, 0.4) is 0 Å². The number of aromatic nitrogens is 2. The number of carbonyl (C=O) groups is 1. The molecule has 0 aliphatic carbocycles. The van der Waals surface area contributed by atoms with Gasteiger partial charge in [0.15, 0.2) is 5.69 Å². The van der Waals surface area contributed by atoms with Crippen molar-refractivity contribution in [2.45, 2.75) is 26.8 Å². The number of benzene rings is 1. The summed E-state index contributed by atoms with van der Waals surface area (Å²) in [6, 6.07) is 10.0. The van der Waals surface area contributed by atoms with Crippen LogP contribution >= 0.6 is 0 Å². The molecule has 0 atom stereocenters. The molecule has 0 aliphatic heterocycles. The van der Waals surface area contributed by atoms with E-state index in [2.05, 4.69) is 5.10 Å². The van der Waals surface area contributed by atoms with E-state index < -0.39 is 0 Å². The molecule has 0 bridgehead atoms. The number of hydrogen-bond acceptors (Lipinski definition) is 4. The Hall–Kier alpha value is -2.14. The van der Waals surface area contributed by atoms with Crippen molar-refractivity contribution in [1.82, 2.24) is 9.78 Å². The van der Waals surface area contributed by atoms with Crippen molar-refractivity contribution in [3.8, 4) is 0 Å². The van der Waals surface area contributed by atoms with Crippen LogP contribution in [0, 0.1) is 0 Å². The molecule has 0 aliphatic rings. The first kappa shape index (κ1) is 16.2. The minimum absolute atomic E-state index is 0.343. The molecule has 1 aromatic carbocycles. The fraction of sp³-hybridized carbons (Fsp3) is 0.412. The summed E-state index contributed by atoms with van der Waals surface area (Å²) < 4.78 is 12.2. The van der Waals surface area contributed by atoms with Crippen molar-refractivity contribution in [1.29, 1.82) is 0 Å². The van der Waals surface area contributed by atoms with Gasteiger partial charge in [-0.3, -0.25) is 4.68 Å². The predicted molar refractivity (Wildman–Crippen MR) is 83.9 cm³/mol. The first-order chi connectivity index (χ1) is 10.7. The zero-order valence-electron chi connectivity index (χ0n) is 13.1. The average Bonchev–Trinajstić information content (AvgIpc) is 2.92. The summed E-state index contributed by atoms with van der Waals surface area (Å²) in [6.07, 6.45) is 2.55. The number of hydrogen-bond donors (Lipinski definition) is 0. The summed E-state index contributed by atoms with van der Waals surface area (Å²) in [5.74, 6) is -0.374. The van der Waals surface area contributed by atoms with E-state index in [1.165, 1.54) is 0 Å². The highest BCUT2D eigenvalue weighted by molar-refractivity contribution is 5.88. The van der Waals surface area contributed by atoms with Gasteiger partial charge in [0.25, 0.3) is 0 Å². The number of carbonyl (C=O) groups excluding carboxylic acids is 1. The standard InChI is InChI=1S/C17H22N2O3/c1-3-21-11-10-15-13-19(12-14-8-6-5-7-9-14)18-16(15)17(20)22-4-2/h5-9,13H,3-4,10-12H2,1-2H3. The molecule has 1 heterocycles. The van der Waals surface area contributed by atoms with E-state index in [1.54, 1.807) is 11.6 Å². The fourth-order valence-electron chi connectivity index (χ4n) is 2.19. The highest BCUT2D eigenvalue weighted by Crippen LogP contribution is 2.12. The molecule has 5 heteroatoms. The highest BCUT2D eigenvalue weighted by Gasteiger charge is 2.17. The molecule has 0 unspecified atom stereocenters. The molecule has 2 aromatic rings. The van der Waals surface area contributed by atoms with Crippen LogP contribution in [0.5, 0.6) is 0 Å². The summed E-state index contributed by atoms with van der Waals surface area (Å²) in [5.41, 5.74) is 2.39. The summed E-state index contributed by atoms with van der Waals surface area (Å²) in [7, 11) is 0. The van der Waals surface area contributed by atoms with Crippen molar-refractivity contribution in [3.63, 3.8) is 0 Å². The Bertz CT molecular complexity index is 593. The predicted octanol–water partition coefficient (Wildman–Crippen LogP) is 2.69.